The van der Waals surface area contributed by atoms with Crippen LogP contribution in [-0.2, 0) is 20.3 Å². The molecule has 0 radical (unpaired) electrons. The molecule has 2 aromatic carbocycles. The average Bonchev–Trinajstić information content (AvgIpc) is 2.51. The van der Waals surface area contributed by atoms with Gasteiger partial charge in [-0.05, 0) is 55.7 Å². The Balaban J connectivity index is 2.47. The van der Waals surface area contributed by atoms with Gasteiger partial charge in [0.05, 0.1) is 22.8 Å². The Bertz CT molecular complexity index is 808. The first-order valence-corrected chi connectivity index (χ1v) is 9.05. The molecule has 0 amide bonds. The molecule has 0 fully saturated rings. The van der Waals surface area contributed by atoms with Crippen molar-refractivity contribution >= 4 is 15.8 Å². The van der Waals surface area contributed by atoms with E-state index >= 15 is 0 Å². The topological polar surface area (TPSA) is 60.4 Å². The minimum atomic E-state index is -3.52. The van der Waals surface area contributed by atoms with E-state index in [1.54, 1.807) is 49.4 Å². The Morgan fingerprint density at radius 2 is 1.65 bits per heavy atom. The van der Waals surface area contributed by atoms with Crippen molar-refractivity contribution in [2.45, 2.75) is 31.4 Å². The maximum absolute atomic E-state index is 12.6. The van der Waals surface area contributed by atoms with Crippen molar-refractivity contribution in [3.63, 3.8) is 0 Å². The molecule has 122 valence electrons. The molecule has 4 nitrogen and oxygen atoms in total. The molecule has 2 aromatic rings. The van der Waals surface area contributed by atoms with Crippen LogP contribution in [0.3, 0.4) is 0 Å². The number of benzene rings is 2. The summed E-state index contributed by atoms with van der Waals surface area (Å²) in [5.41, 5.74) is 2.65. The van der Waals surface area contributed by atoms with Crippen LogP contribution in [-0.4, -0.2) is 21.0 Å². The number of rotatable bonds is 5. The number of ether oxygens (including phenoxy) is 1. The van der Waals surface area contributed by atoms with E-state index in [4.69, 9.17) is 4.74 Å². The molecule has 0 bridgehead atoms. The zero-order chi connectivity index (χ0) is 17.0. The third-order valence-electron chi connectivity index (χ3n) is 3.66. The SMILES string of the molecule is CCOC(=O)c1cc(C)c(C)cc1CS(=O)(=O)c1ccccc1. The normalized spacial score (nSPS) is 11.3. The van der Waals surface area contributed by atoms with Crippen LogP contribution in [0.2, 0.25) is 0 Å². The Labute approximate surface area is 137 Å². The van der Waals surface area contributed by atoms with Crippen molar-refractivity contribution in [2.24, 2.45) is 0 Å². The maximum atomic E-state index is 12.6. The number of hydrogen-bond donors (Lipinski definition) is 0. The summed E-state index contributed by atoms with van der Waals surface area (Å²) in [6.45, 7) is 5.74. The highest BCUT2D eigenvalue weighted by Crippen LogP contribution is 2.23. The minimum Gasteiger partial charge on any atom is -0.462 e. The monoisotopic (exact) mass is 332 g/mol. The van der Waals surface area contributed by atoms with Gasteiger partial charge >= 0.3 is 5.97 Å². The van der Waals surface area contributed by atoms with Gasteiger partial charge in [0.25, 0.3) is 0 Å². The Morgan fingerprint density at radius 3 is 2.26 bits per heavy atom. The van der Waals surface area contributed by atoms with Gasteiger partial charge in [-0.2, -0.15) is 0 Å². The van der Waals surface area contributed by atoms with E-state index in [-0.39, 0.29) is 17.3 Å². The summed E-state index contributed by atoms with van der Waals surface area (Å²) in [4.78, 5) is 12.4. The highest BCUT2D eigenvalue weighted by Gasteiger charge is 2.21. The van der Waals surface area contributed by atoms with Crippen LogP contribution in [0.5, 0.6) is 0 Å². The van der Waals surface area contributed by atoms with Gasteiger partial charge in [0.2, 0.25) is 0 Å². The molecule has 5 heteroatoms. The number of esters is 1. The highest BCUT2D eigenvalue weighted by atomic mass is 32.2. The van der Waals surface area contributed by atoms with E-state index < -0.39 is 15.8 Å². The summed E-state index contributed by atoms with van der Waals surface area (Å²) in [7, 11) is -3.52. The first-order chi connectivity index (χ1) is 10.8. The van der Waals surface area contributed by atoms with Gasteiger partial charge in [-0.25, -0.2) is 13.2 Å². The molecule has 0 aliphatic rings. The molecule has 0 aromatic heterocycles. The van der Waals surface area contributed by atoms with Crippen LogP contribution in [0.15, 0.2) is 47.4 Å². The van der Waals surface area contributed by atoms with Gasteiger partial charge in [0.15, 0.2) is 9.84 Å². The van der Waals surface area contributed by atoms with Crippen molar-refractivity contribution < 1.29 is 17.9 Å². The van der Waals surface area contributed by atoms with Crippen LogP contribution in [0.25, 0.3) is 0 Å². The van der Waals surface area contributed by atoms with Crippen LogP contribution < -0.4 is 0 Å². The van der Waals surface area contributed by atoms with E-state index in [0.29, 0.717) is 11.1 Å². The van der Waals surface area contributed by atoms with Crippen LogP contribution in [0.1, 0.15) is 34.0 Å². The summed E-state index contributed by atoms with van der Waals surface area (Å²) in [5.74, 6) is -0.722. The summed E-state index contributed by atoms with van der Waals surface area (Å²) in [6, 6.07) is 11.7. The number of aryl methyl sites for hydroxylation is 2. The van der Waals surface area contributed by atoms with Crippen LogP contribution in [0, 0.1) is 13.8 Å². The fourth-order valence-corrected chi connectivity index (χ4v) is 3.70. The number of hydrogen-bond acceptors (Lipinski definition) is 4. The zero-order valence-corrected chi connectivity index (χ0v) is 14.3. The van der Waals surface area contributed by atoms with Crippen molar-refractivity contribution in [2.75, 3.05) is 6.61 Å². The third kappa shape index (κ3) is 3.99. The quantitative estimate of drug-likeness (QED) is 0.787. The summed E-state index contributed by atoms with van der Waals surface area (Å²) in [5, 5.41) is 0. The van der Waals surface area contributed by atoms with Gasteiger partial charge in [0.1, 0.15) is 0 Å². The van der Waals surface area contributed by atoms with Gasteiger partial charge in [-0.1, -0.05) is 24.3 Å². The third-order valence-corrected chi connectivity index (χ3v) is 5.34. The van der Waals surface area contributed by atoms with Gasteiger partial charge < -0.3 is 4.74 Å². The van der Waals surface area contributed by atoms with Gasteiger partial charge in [-0.15, -0.1) is 0 Å². The largest absolute Gasteiger partial charge is 0.462 e. The van der Waals surface area contributed by atoms with Crippen molar-refractivity contribution in [1.29, 1.82) is 0 Å². The summed E-state index contributed by atoms with van der Waals surface area (Å²) >= 11 is 0. The molecule has 0 aliphatic heterocycles. The molecule has 0 saturated heterocycles. The first-order valence-electron chi connectivity index (χ1n) is 7.40. The van der Waals surface area contributed by atoms with Crippen molar-refractivity contribution in [3.8, 4) is 0 Å². The van der Waals surface area contributed by atoms with E-state index in [1.165, 1.54) is 0 Å². The fourth-order valence-electron chi connectivity index (χ4n) is 2.31. The predicted octanol–water partition coefficient (Wildman–Crippen LogP) is 3.45. The Hall–Kier alpha value is -2.14. The molecule has 0 aliphatic carbocycles. The molecule has 23 heavy (non-hydrogen) atoms. The minimum absolute atomic E-state index is 0.230. The lowest BCUT2D eigenvalue weighted by atomic mass is 10.0. The average molecular weight is 332 g/mol. The molecule has 0 heterocycles. The van der Waals surface area contributed by atoms with Crippen molar-refractivity contribution in [1.82, 2.24) is 0 Å². The Kier molecular flexibility index (Phi) is 5.21. The van der Waals surface area contributed by atoms with Crippen molar-refractivity contribution in [3.05, 3.63) is 64.7 Å². The zero-order valence-electron chi connectivity index (χ0n) is 13.5. The predicted molar refractivity (Wildman–Crippen MR) is 89.2 cm³/mol. The fraction of sp³-hybridized carbons (Fsp3) is 0.278. The second kappa shape index (κ2) is 6.96. The molecule has 2 rings (SSSR count). The van der Waals surface area contributed by atoms with E-state index in [0.717, 1.165) is 11.1 Å². The second-order valence-corrected chi connectivity index (χ2v) is 7.38. The van der Waals surface area contributed by atoms with Gasteiger partial charge in [0, 0.05) is 0 Å². The number of sulfone groups is 1. The second-order valence-electron chi connectivity index (χ2n) is 5.39. The lowest BCUT2D eigenvalue weighted by Crippen LogP contribution is -2.13. The van der Waals surface area contributed by atoms with Gasteiger partial charge in [-0.3, -0.25) is 0 Å². The number of carbonyl (C=O) groups is 1. The molecule has 0 N–H and O–H groups in total. The molecule has 0 saturated carbocycles. The van der Waals surface area contributed by atoms with Crippen LogP contribution in [0.4, 0.5) is 0 Å². The first kappa shape index (κ1) is 17.2. The number of carbonyl (C=O) groups excluding carboxylic acids is 1. The molecular formula is C18H20O4S. The molecule has 0 unspecified atom stereocenters. The smallest absolute Gasteiger partial charge is 0.338 e. The standard InChI is InChI=1S/C18H20O4S/c1-4-22-18(19)17-11-14(3)13(2)10-15(17)12-23(20,21)16-8-6-5-7-9-16/h5-11H,4,12H2,1-3H3. The maximum Gasteiger partial charge on any atom is 0.338 e. The molecular weight excluding hydrogens is 312 g/mol. The summed E-state index contributed by atoms with van der Waals surface area (Å²) in [6.07, 6.45) is 0. The lowest BCUT2D eigenvalue weighted by Gasteiger charge is -2.13. The Morgan fingerprint density at radius 1 is 1.04 bits per heavy atom. The molecule has 0 spiro atoms. The van der Waals surface area contributed by atoms with E-state index in [1.807, 2.05) is 13.8 Å². The molecule has 0 atom stereocenters. The van der Waals surface area contributed by atoms with Crippen LogP contribution >= 0.6 is 0 Å². The highest BCUT2D eigenvalue weighted by molar-refractivity contribution is 7.90. The van der Waals surface area contributed by atoms with E-state index in [9.17, 15) is 13.2 Å². The summed E-state index contributed by atoms with van der Waals surface area (Å²) < 4.78 is 30.2. The lowest BCUT2D eigenvalue weighted by molar-refractivity contribution is 0.0525. The van der Waals surface area contributed by atoms with E-state index in [2.05, 4.69) is 0 Å².